The van der Waals surface area contributed by atoms with E-state index >= 15 is 0 Å². The fourth-order valence-electron chi connectivity index (χ4n) is 8.37. The molecule has 4 aliphatic rings. The van der Waals surface area contributed by atoms with Crippen molar-refractivity contribution in [3.63, 3.8) is 0 Å². The van der Waals surface area contributed by atoms with Gasteiger partial charge in [0.15, 0.2) is 15.5 Å². The quantitative estimate of drug-likeness (QED) is 0.123. The molecule has 0 aromatic heterocycles. The normalized spacial score (nSPS) is 29.5. The Morgan fingerprint density at radius 1 is 0.792 bits per heavy atom. The first-order valence-corrected chi connectivity index (χ1v) is 16.4. The summed E-state index contributed by atoms with van der Waals surface area (Å²) in [6.07, 6.45) is 1.87. The summed E-state index contributed by atoms with van der Waals surface area (Å²) in [5.74, 6) is -5.96. The first-order chi connectivity index (χ1) is 23.0. The largest absolute Gasteiger partial charge is 0.507 e. The minimum Gasteiger partial charge on any atom is -0.507 e. The maximum atomic E-state index is 14.3. The Balaban J connectivity index is 1.21. The number of anilines is 1. The van der Waals surface area contributed by atoms with Gasteiger partial charge in [0.05, 0.1) is 17.5 Å². The highest BCUT2D eigenvalue weighted by atomic mass is 35.5. The molecule has 2 heterocycles. The summed E-state index contributed by atoms with van der Waals surface area (Å²) < 4.78 is 0. The molecule has 8 rings (SSSR count). The van der Waals surface area contributed by atoms with Crippen LogP contribution in [0.1, 0.15) is 40.2 Å². The smallest absolute Gasteiger partial charge is 0.253 e. The number of amides is 4. The van der Waals surface area contributed by atoms with E-state index in [0.29, 0.717) is 33.3 Å². The van der Waals surface area contributed by atoms with Crippen LogP contribution in [0.5, 0.6) is 5.75 Å². The third-order valence-electron chi connectivity index (χ3n) is 10.7. The predicted molar refractivity (Wildman–Crippen MR) is 180 cm³/mol. The molecule has 240 valence electrons. The first kappa shape index (κ1) is 30.5. The van der Waals surface area contributed by atoms with Gasteiger partial charge in [-0.3, -0.25) is 33.8 Å². The molecule has 0 bridgehead atoms. The molecule has 8 nitrogen and oxygen atoms in total. The number of alkyl halides is 2. The number of likely N-dealkylation sites (tertiary alicyclic amines) is 1. The van der Waals surface area contributed by atoms with Crippen molar-refractivity contribution < 1.29 is 29.1 Å². The number of aromatic hydroxyl groups is 1. The molecule has 4 amide bonds. The van der Waals surface area contributed by atoms with E-state index in [1.54, 1.807) is 72.8 Å². The molecule has 1 saturated carbocycles. The maximum absolute atomic E-state index is 14.3. The van der Waals surface area contributed by atoms with Crippen LogP contribution in [0.15, 0.2) is 103 Å². The lowest BCUT2D eigenvalue weighted by molar-refractivity contribution is -0.138. The van der Waals surface area contributed by atoms with Crippen molar-refractivity contribution in [1.29, 1.82) is 0 Å². The molecule has 4 aromatic carbocycles. The van der Waals surface area contributed by atoms with E-state index in [9.17, 15) is 29.1 Å². The van der Waals surface area contributed by atoms with Crippen LogP contribution in [0.3, 0.4) is 0 Å². The summed E-state index contributed by atoms with van der Waals surface area (Å²) in [6.45, 7) is 0. The molecular weight excluding hydrogens is 651 g/mol. The molecule has 2 aliphatic carbocycles. The van der Waals surface area contributed by atoms with E-state index < -0.39 is 57.0 Å². The number of benzene rings is 4. The number of fused-ring (bicyclic) bond motifs is 5. The summed E-state index contributed by atoms with van der Waals surface area (Å²) in [5.41, 5.74) is 2.16. The van der Waals surface area contributed by atoms with Gasteiger partial charge in [-0.2, -0.15) is 0 Å². The van der Waals surface area contributed by atoms with Crippen molar-refractivity contribution in [2.75, 3.05) is 11.9 Å². The molecule has 0 spiro atoms. The molecule has 4 aromatic rings. The Morgan fingerprint density at radius 3 is 2.19 bits per heavy atom. The molecule has 10 heteroatoms. The number of hydrogen-bond acceptors (Lipinski definition) is 6. The van der Waals surface area contributed by atoms with Crippen LogP contribution in [-0.2, 0) is 19.2 Å². The van der Waals surface area contributed by atoms with Gasteiger partial charge in [-0.15, -0.1) is 23.2 Å². The van der Waals surface area contributed by atoms with Gasteiger partial charge < -0.3 is 5.11 Å². The van der Waals surface area contributed by atoms with Crippen LogP contribution in [0, 0.1) is 17.8 Å². The number of nitrogens with zero attached hydrogens (tertiary/aromatic N) is 2. The summed E-state index contributed by atoms with van der Waals surface area (Å²) in [4.78, 5) is 67.0. The van der Waals surface area contributed by atoms with Crippen LogP contribution in [-0.4, -0.2) is 56.2 Å². The van der Waals surface area contributed by atoms with Gasteiger partial charge in [-0.1, -0.05) is 78.4 Å². The van der Waals surface area contributed by atoms with Crippen molar-refractivity contribution in [2.45, 2.75) is 28.5 Å². The molecule has 0 radical (unpaired) electrons. The van der Waals surface area contributed by atoms with Gasteiger partial charge in [0.25, 0.3) is 11.8 Å². The van der Waals surface area contributed by atoms with Crippen LogP contribution in [0.4, 0.5) is 5.69 Å². The summed E-state index contributed by atoms with van der Waals surface area (Å²) in [6, 6.07) is 25.8. The number of phenolic OH excluding ortho intramolecular Hbond substituents is 1. The lowest BCUT2D eigenvalue weighted by Crippen LogP contribution is -2.60. The van der Waals surface area contributed by atoms with Gasteiger partial charge in [0.2, 0.25) is 11.8 Å². The highest BCUT2D eigenvalue weighted by Gasteiger charge is 2.76. The number of carbonyl (C=O) groups excluding carboxylic acids is 5. The Labute approximate surface area is 285 Å². The second kappa shape index (κ2) is 10.6. The Bertz CT molecular complexity index is 2130. The SMILES string of the molecule is CN1C(=O)[C@]2(Cl)C[C@@H]3C(=CC[C@@H]4C(=O)N(c5ccc(C(=O)c6ccccc6)cc5)C(=O)[C@@H]43)[C@H](c3ccc4ccccc4c3O)[C@]2(Cl)C1=O. The highest BCUT2D eigenvalue weighted by molar-refractivity contribution is 6.53. The number of allylic oxidation sites excluding steroid dienone is 2. The van der Waals surface area contributed by atoms with E-state index in [1.165, 1.54) is 7.05 Å². The molecule has 2 saturated heterocycles. The fraction of sp³-hybridized carbons (Fsp3) is 0.237. The summed E-state index contributed by atoms with van der Waals surface area (Å²) in [7, 11) is 1.33. The van der Waals surface area contributed by atoms with E-state index in [2.05, 4.69) is 0 Å². The van der Waals surface area contributed by atoms with Gasteiger partial charge in [0, 0.05) is 35.0 Å². The Morgan fingerprint density at radius 2 is 1.46 bits per heavy atom. The zero-order valence-corrected chi connectivity index (χ0v) is 27.1. The standard InChI is InChI=1S/C38H28Cl2N2O6/c1-41-35(47)37(39)19-28-25(30(38(37,40)36(41)48)27-16-13-20-7-5-6-10-24(20)32(27)44)17-18-26-29(28)34(46)42(33(26)45)23-14-11-22(12-15-23)31(43)21-8-3-2-4-9-21/h2-17,26,28-30,44H,18-19H2,1H3/t26-,28+,29-,30+,37+,38-/m0/s1. The second-order valence-corrected chi connectivity index (χ2v) is 14.2. The maximum Gasteiger partial charge on any atom is 0.253 e. The number of imide groups is 2. The number of hydrogen-bond donors (Lipinski definition) is 1. The number of rotatable bonds is 4. The highest BCUT2D eigenvalue weighted by Crippen LogP contribution is 2.66. The summed E-state index contributed by atoms with van der Waals surface area (Å²) in [5, 5.41) is 12.9. The number of phenols is 1. The van der Waals surface area contributed by atoms with Crippen LogP contribution in [0.2, 0.25) is 0 Å². The van der Waals surface area contributed by atoms with E-state index in [4.69, 9.17) is 23.2 Å². The Kier molecular flexibility index (Phi) is 6.75. The van der Waals surface area contributed by atoms with E-state index in [-0.39, 0.29) is 24.4 Å². The number of ketones is 1. The molecule has 0 unspecified atom stereocenters. The van der Waals surface area contributed by atoms with Gasteiger partial charge >= 0.3 is 0 Å². The van der Waals surface area contributed by atoms with Crippen LogP contribution >= 0.6 is 23.2 Å². The minimum atomic E-state index is -2.00. The van der Waals surface area contributed by atoms with Gasteiger partial charge in [0.1, 0.15) is 5.75 Å². The average molecular weight is 680 g/mol. The summed E-state index contributed by atoms with van der Waals surface area (Å²) >= 11 is 14.5. The number of carbonyl (C=O) groups is 5. The number of halogens is 2. The lowest BCUT2D eigenvalue weighted by atomic mass is 9.56. The second-order valence-electron chi connectivity index (χ2n) is 13.0. The monoisotopic (exact) mass is 678 g/mol. The lowest BCUT2D eigenvalue weighted by Gasteiger charge is -2.50. The first-order valence-electron chi connectivity index (χ1n) is 15.7. The Hall–Kier alpha value is -4.79. The molecule has 48 heavy (non-hydrogen) atoms. The third-order valence-corrected chi connectivity index (χ3v) is 12.1. The van der Waals surface area contributed by atoms with Gasteiger partial charge in [-0.05, 0) is 48.4 Å². The molecular formula is C38H28Cl2N2O6. The van der Waals surface area contributed by atoms with Crippen molar-refractivity contribution in [1.82, 2.24) is 4.90 Å². The zero-order valence-electron chi connectivity index (χ0n) is 25.6. The molecule has 2 aliphatic heterocycles. The van der Waals surface area contributed by atoms with Crippen molar-refractivity contribution >= 4 is 69.1 Å². The molecule has 1 N–H and O–H groups in total. The zero-order chi connectivity index (χ0) is 33.7. The molecule has 6 atom stereocenters. The van der Waals surface area contributed by atoms with Crippen LogP contribution < -0.4 is 4.90 Å². The topological polar surface area (TPSA) is 112 Å². The third kappa shape index (κ3) is 3.93. The predicted octanol–water partition coefficient (Wildman–Crippen LogP) is 5.97. The minimum absolute atomic E-state index is 0.101. The average Bonchev–Trinajstić information content (AvgIpc) is 3.43. The van der Waals surface area contributed by atoms with Crippen molar-refractivity contribution in [3.8, 4) is 5.75 Å². The van der Waals surface area contributed by atoms with Crippen LogP contribution in [0.25, 0.3) is 10.8 Å². The van der Waals surface area contributed by atoms with E-state index in [0.717, 1.165) is 15.2 Å². The van der Waals surface area contributed by atoms with Crippen molar-refractivity contribution in [2.24, 2.45) is 17.8 Å². The van der Waals surface area contributed by atoms with Gasteiger partial charge in [-0.25, -0.2) is 0 Å². The van der Waals surface area contributed by atoms with E-state index in [1.807, 2.05) is 24.3 Å². The molecule has 3 fully saturated rings. The van der Waals surface area contributed by atoms with Crippen molar-refractivity contribution in [3.05, 3.63) is 119 Å². The fourth-order valence-corrected chi connectivity index (χ4v) is 9.38.